The fraction of sp³-hybridized carbons (Fsp3) is 0.600. The van der Waals surface area contributed by atoms with Gasteiger partial charge in [-0.1, -0.05) is 15.9 Å². The van der Waals surface area contributed by atoms with E-state index in [1.807, 2.05) is 0 Å². The van der Waals surface area contributed by atoms with E-state index in [1.165, 1.54) is 0 Å². The SMILES string of the molecule is O=S(=O)(c1ccc(Br)cc1)N(CC1CC1)CC1CCCN1. The minimum Gasteiger partial charge on any atom is -0.313 e. The van der Waals surface area contributed by atoms with Crippen LogP contribution in [0.25, 0.3) is 0 Å². The summed E-state index contributed by atoms with van der Waals surface area (Å²) in [4.78, 5) is 0.393. The summed E-state index contributed by atoms with van der Waals surface area (Å²) in [7, 11) is -3.39. The van der Waals surface area contributed by atoms with Gasteiger partial charge < -0.3 is 5.32 Å². The number of sulfonamides is 1. The maximum Gasteiger partial charge on any atom is 0.243 e. The van der Waals surface area contributed by atoms with Crippen molar-refractivity contribution in [3.63, 3.8) is 0 Å². The van der Waals surface area contributed by atoms with Crippen LogP contribution in [0.2, 0.25) is 0 Å². The van der Waals surface area contributed by atoms with E-state index in [0.29, 0.717) is 29.9 Å². The maximum absolute atomic E-state index is 12.9. The van der Waals surface area contributed by atoms with Crippen LogP contribution < -0.4 is 5.32 Å². The Morgan fingerprint density at radius 2 is 1.86 bits per heavy atom. The molecule has 1 aliphatic heterocycles. The molecule has 2 fully saturated rings. The molecular formula is C15H21BrN2O2S. The van der Waals surface area contributed by atoms with Crippen LogP contribution in [0.1, 0.15) is 25.7 Å². The van der Waals surface area contributed by atoms with E-state index >= 15 is 0 Å². The highest BCUT2D eigenvalue weighted by atomic mass is 79.9. The molecule has 6 heteroatoms. The Labute approximate surface area is 135 Å². The summed E-state index contributed by atoms with van der Waals surface area (Å²) in [6.45, 7) is 2.26. The lowest BCUT2D eigenvalue weighted by atomic mass is 10.2. The van der Waals surface area contributed by atoms with Gasteiger partial charge in [-0.25, -0.2) is 8.42 Å². The fourth-order valence-corrected chi connectivity index (χ4v) is 4.60. The Kier molecular flexibility index (Phi) is 4.69. The maximum atomic E-state index is 12.9. The number of hydrogen-bond donors (Lipinski definition) is 1. The zero-order chi connectivity index (χ0) is 14.9. The molecule has 1 aromatic carbocycles. The van der Waals surface area contributed by atoms with Gasteiger partial charge in [-0.15, -0.1) is 0 Å². The first-order chi connectivity index (χ1) is 10.1. The lowest BCUT2D eigenvalue weighted by Crippen LogP contribution is -2.42. The van der Waals surface area contributed by atoms with E-state index in [4.69, 9.17) is 0 Å². The van der Waals surface area contributed by atoms with E-state index in [1.54, 1.807) is 28.6 Å². The smallest absolute Gasteiger partial charge is 0.243 e. The van der Waals surface area contributed by atoms with Crippen molar-refractivity contribution in [1.29, 1.82) is 0 Å². The van der Waals surface area contributed by atoms with Crippen molar-refractivity contribution in [3.8, 4) is 0 Å². The van der Waals surface area contributed by atoms with Crippen LogP contribution >= 0.6 is 15.9 Å². The standard InChI is InChI=1S/C15H21BrN2O2S/c16-13-5-7-15(8-6-13)21(19,20)18(10-12-3-4-12)11-14-2-1-9-17-14/h5-8,12,14,17H,1-4,9-11H2. The minimum absolute atomic E-state index is 0.300. The molecule has 0 amide bonds. The predicted octanol–water partition coefficient (Wildman–Crippen LogP) is 2.60. The highest BCUT2D eigenvalue weighted by Crippen LogP contribution is 2.32. The predicted molar refractivity (Wildman–Crippen MR) is 86.6 cm³/mol. The molecule has 3 rings (SSSR count). The zero-order valence-corrected chi connectivity index (χ0v) is 14.4. The average Bonchev–Trinajstić information content (AvgIpc) is 3.12. The highest BCUT2D eigenvalue weighted by Gasteiger charge is 2.33. The molecule has 1 heterocycles. The number of rotatable bonds is 6. The number of benzene rings is 1. The van der Waals surface area contributed by atoms with Crippen molar-refractivity contribution in [3.05, 3.63) is 28.7 Å². The van der Waals surface area contributed by atoms with Crippen molar-refractivity contribution < 1.29 is 8.42 Å². The Bertz CT molecular complexity index is 578. The van der Waals surface area contributed by atoms with Gasteiger partial charge in [0.05, 0.1) is 4.90 Å². The van der Waals surface area contributed by atoms with Gasteiger partial charge in [-0.05, 0) is 62.4 Å². The first kappa shape index (κ1) is 15.5. The summed E-state index contributed by atoms with van der Waals surface area (Å²) in [6.07, 6.45) is 4.52. The van der Waals surface area contributed by atoms with Gasteiger partial charge in [0.1, 0.15) is 0 Å². The molecular weight excluding hydrogens is 352 g/mol. The van der Waals surface area contributed by atoms with E-state index in [0.717, 1.165) is 36.7 Å². The van der Waals surface area contributed by atoms with Gasteiger partial charge in [-0.3, -0.25) is 0 Å². The minimum atomic E-state index is -3.39. The molecule has 0 bridgehead atoms. The first-order valence-corrected chi connectivity index (χ1v) is 9.78. The van der Waals surface area contributed by atoms with Crippen LogP contribution in [0.5, 0.6) is 0 Å². The van der Waals surface area contributed by atoms with Crippen molar-refractivity contribution in [2.45, 2.75) is 36.6 Å². The molecule has 4 nitrogen and oxygen atoms in total. The summed E-state index contributed by atoms with van der Waals surface area (Å²) in [5.41, 5.74) is 0. The summed E-state index contributed by atoms with van der Waals surface area (Å²) in [5.74, 6) is 0.552. The number of hydrogen-bond acceptors (Lipinski definition) is 3. The molecule has 2 aliphatic rings. The first-order valence-electron chi connectivity index (χ1n) is 7.55. The summed E-state index contributed by atoms with van der Waals surface area (Å²) in [5, 5.41) is 3.40. The molecule has 0 spiro atoms. The van der Waals surface area contributed by atoms with E-state index in [2.05, 4.69) is 21.2 Å². The van der Waals surface area contributed by atoms with Gasteiger partial charge in [0.25, 0.3) is 0 Å². The van der Waals surface area contributed by atoms with Gasteiger partial charge in [0.2, 0.25) is 10.0 Å². The van der Waals surface area contributed by atoms with Crippen LogP contribution in [0.4, 0.5) is 0 Å². The van der Waals surface area contributed by atoms with Crippen LogP contribution in [0.15, 0.2) is 33.6 Å². The van der Waals surface area contributed by atoms with Crippen molar-refractivity contribution in [2.75, 3.05) is 19.6 Å². The van der Waals surface area contributed by atoms with Crippen molar-refractivity contribution in [2.24, 2.45) is 5.92 Å². The normalized spacial score (nSPS) is 22.9. The second kappa shape index (κ2) is 6.36. The lowest BCUT2D eigenvalue weighted by molar-refractivity contribution is 0.358. The molecule has 1 N–H and O–H groups in total. The third kappa shape index (κ3) is 3.86. The topological polar surface area (TPSA) is 49.4 Å². The van der Waals surface area contributed by atoms with E-state index in [-0.39, 0.29) is 0 Å². The largest absolute Gasteiger partial charge is 0.313 e. The number of halogens is 1. The van der Waals surface area contributed by atoms with E-state index < -0.39 is 10.0 Å². The fourth-order valence-electron chi connectivity index (χ4n) is 2.77. The van der Waals surface area contributed by atoms with Gasteiger partial charge >= 0.3 is 0 Å². The summed E-state index contributed by atoms with van der Waals surface area (Å²) >= 11 is 3.35. The van der Waals surface area contributed by atoms with Crippen LogP contribution in [0.3, 0.4) is 0 Å². The number of nitrogens with one attached hydrogen (secondary N) is 1. The molecule has 1 saturated heterocycles. The van der Waals surface area contributed by atoms with Crippen molar-refractivity contribution >= 4 is 26.0 Å². The quantitative estimate of drug-likeness (QED) is 0.834. The molecule has 0 radical (unpaired) electrons. The molecule has 116 valence electrons. The van der Waals surface area contributed by atoms with Gasteiger partial charge in [-0.2, -0.15) is 4.31 Å². The van der Waals surface area contributed by atoms with Gasteiger partial charge in [0.15, 0.2) is 0 Å². The molecule has 21 heavy (non-hydrogen) atoms. The summed E-state index contributed by atoms with van der Waals surface area (Å²) < 4.78 is 28.3. The third-order valence-electron chi connectivity index (χ3n) is 4.20. The molecule has 1 saturated carbocycles. The Balaban J connectivity index is 1.80. The summed E-state index contributed by atoms with van der Waals surface area (Å²) in [6, 6.07) is 7.24. The van der Waals surface area contributed by atoms with E-state index in [9.17, 15) is 8.42 Å². The van der Waals surface area contributed by atoms with Gasteiger partial charge in [0, 0.05) is 23.6 Å². The molecule has 1 aliphatic carbocycles. The second-order valence-electron chi connectivity index (χ2n) is 6.01. The molecule has 1 unspecified atom stereocenters. The monoisotopic (exact) mass is 372 g/mol. The molecule has 1 aromatic rings. The Hall–Kier alpha value is -0.430. The average molecular weight is 373 g/mol. The Morgan fingerprint density at radius 3 is 2.43 bits per heavy atom. The number of nitrogens with zero attached hydrogens (tertiary/aromatic N) is 1. The molecule has 0 aromatic heterocycles. The Morgan fingerprint density at radius 1 is 1.14 bits per heavy atom. The third-order valence-corrected chi connectivity index (χ3v) is 6.57. The molecule has 1 atom stereocenters. The van der Waals surface area contributed by atoms with Crippen molar-refractivity contribution in [1.82, 2.24) is 9.62 Å². The van der Waals surface area contributed by atoms with Crippen LogP contribution in [-0.4, -0.2) is 38.4 Å². The zero-order valence-electron chi connectivity index (χ0n) is 12.0. The lowest BCUT2D eigenvalue weighted by Gasteiger charge is -2.25. The van der Waals surface area contributed by atoms with Crippen LogP contribution in [-0.2, 0) is 10.0 Å². The highest BCUT2D eigenvalue weighted by molar-refractivity contribution is 9.10. The van der Waals surface area contributed by atoms with Crippen LogP contribution in [0, 0.1) is 5.92 Å². The second-order valence-corrected chi connectivity index (χ2v) is 8.87.